The smallest absolute Gasteiger partial charge is 0.272 e. The fraction of sp³-hybridized carbons (Fsp3) is 0.586. The number of nitriles is 2. The maximum Gasteiger partial charge on any atom is 0.272 e. The van der Waals surface area contributed by atoms with Gasteiger partial charge in [-0.05, 0) is 59.2 Å². The molecule has 0 heterocycles. The third kappa shape index (κ3) is 7.32. The van der Waals surface area contributed by atoms with Gasteiger partial charge in [-0.25, -0.2) is 20.2 Å². The molecule has 0 saturated heterocycles. The molecule has 0 unspecified atom stereocenters. The maximum absolute atomic E-state index is 9.66. The van der Waals surface area contributed by atoms with E-state index in [1.807, 2.05) is 12.1 Å². The minimum absolute atomic E-state index is 0.00532. The van der Waals surface area contributed by atoms with Crippen LogP contribution < -0.4 is 15.2 Å². The van der Waals surface area contributed by atoms with Crippen molar-refractivity contribution in [3.63, 3.8) is 0 Å². The van der Waals surface area contributed by atoms with Gasteiger partial charge in [-0.2, -0.15) is 0 Å². The van der Waals surface area contributed by atoms with E-state index >= 15 is 0 Å². The summed E-state index contributed by atoms with van der Waals surface area (Å²) >= 11 is 0. The first-order chi connectivity index (χ1) is 17.3. The van der Waals surface area contributed by atoms with Crippen LogP contribution in [0.2, 0.25) is 0 Å². The SMILES string of the molecule is [C-]#[N+]/C(C#N)=c1/cc(OCC[N+](CC)(CC)CC)/c(=C(\C#N)[N+]#[C-])cc1CCC[N+](CC)(CC)CC. The lowest BCUT2D eigenvalue weighted by Gasteiger charge is -2.36. The van der Waals surface area contributed by atoms with E-state index in [2.05, 4.69) is 51.2 Å². The molecule has 0 aliphatic rings. The molecule has 0 bridgehead atoms. The Labute approximate surface area is 217 Å². The Bertz CT molecular complexity index is 1020. The first-order valence-corrected chi connectivity index (χ1v) is 13.1. The van der Waals surface area contributed by atoms with Crippen LogP contribution in [-0.2, 0) is 6.42 Å². The topological polar surface area (TPSA) is 65.5 Å². The highest BCUT2D eigenvalue weighted by molar-refractivity contribution is 5.70. The largest absolute Gasteiger partial charge is 0.488 e. The van der Waals surface area contributed by atoms with E-state index in [0.717, 1.165) is 73.3 Å². The molecule has 0 saturated carbocycles. The van der Waals surface area contributed by atoms with Gasteiger partial charge in [0, 0.05) is 11.6 Å². The van der Waals surface area contributed by atoms with Crippen LogP contribution in [0.4, 0.5) is 0 Å². The summed E-state index contributed by atoms with van der Waals surface area (Å²) < 4.78 is 8.08. The van der Waals surface area contributed by atoms with E-state index < -0.39 is 0 Å². The molecule has 0 spiro atoms. The number of likely N-dealkylation sites (N-methyl/N-ethyl adjacent to an activating group) is 1. The fourth-order valence-corrected chi connectivity index (χ4v) is 4.89. The van der Waals surface area contributed by atoms with E-state index in [0.29, 0.717) is 29.2 Å². The fourth-order valence-electron chi connectivity index (χ4n) is 4.89. The van der Waals surface area contributed by atoms with Crippen molar-refractivity contribution >= 4 is 11.4 Å². The van der Waals surface area contributed by atoms with E-state index in [9.17, 15) is 10.5 Å². The third-order valence-corrected chi connectivity index (χ3v) is 8.08. The van der Waals surface area contributed by atoms with Gasteiger partial charge in [0.05, 0.1) is 71.1 Å². The lowest BCUT2D eigenvalue weighted by Crippen LogP contribution is -2.50. The second-order valence-corrected chi connectivity index (χ2v) is 9.13. The van der Waals surface area contributed by atoms with Crippen LogP contribution in [0.1, 0.15) is 53.5 Å². The molecule has 192 valence electrons. The molecule has 1 aromatic carbocycles. The number of nitrogens with zero attached hydrogens (tertiary/aromatic N) is 6. The Morgan fingerprint density at radius 2 is 1.25 bits per heavy atom. The molecule has 1 aromatic rings. The van der Waals surface area contributed by atoms with Gasteiger partial charge in [-0.15, -0.1) is 0 Å². The number of aryl methyl sites for hydroxylation is 1. The van der Waals surface area contributed by atoms with Crippen LogP contribution in [0.5, 0.6) is 5.75 Å². The number of hydrogen-bond acceptors (Lipinski definition) is 3. The molecule has 36 heavy (non-hydrogen) atoms. The van der Waals surface area contributed by atoms with Crippen LogP contribution in [0, 0.1) is 35.8 Å². The predicted molar refractivity (Wildman–Crippen MR) is 144 cm³/mol. The monoisotopic (exact) mass is 490 g/mol. The molecule has 0 atom stereocenters. The van der Waals surface area contributed by atoms with Crippen LogP contribution in [0.3, 0.4) is 0 Å². The third-order valence-electron chi connectivity index (χ3n) is 8.08. The predicted octanol–water partition coefficient (Wildman–Crippen LogP) is 3.85. The Kier molecular flexibility index (Phi) is 12.7. The van der Waals surface area contributed by atoms with Gasteiger partial charge in [0.2, 0.25) is 0 Å². The van der Waals surface area contributed by atoms with E-state index in [1.165, 1.54) is 0 Å². The molecular weight excluding hydrogens is 448 g/mol. The van der Waals surface area contributed by atoms with Crippen LogP contribution in [0.25, 0.3) is 21.1 Å². The van der Waals surface area contributed by atoms with Gasteiger partial charge in [-0.3, -0.25) is 0 Å². The van der Waals surface area contributed by atoms with Crippen molar-refractivity contribution < 1.29 is 13.7 Å². The first kappa shape index (κ1) is 30.7. The molecule has 0 aliphatic heterocycles. The van der Waals surface area contributed by atoms with Gasteiger partial charge in [-0.1, -0.05) is 11.6 Å². The van der Waals surface area contributed by atoms with Crippen molar-refractivity contribution in [3.05, 3.63) is 51.0 Å². The zero-order valence-corrected chi connectivity index (χ0v) is 23.0. The molecular formula is C29H42N6O+2. The molecule has 0 aromatic heterocycles. The Morgan fingerprint density at radius 3 is 1.69 bits per heavy atom. The van der Waals surface area contributed by atoms with Gasteiger partial charge < -0.3 is 13.7 Å². The first-order valence-electron chi connectivity index (χ1n) is 13.1. The number of ether oxygens (including phenoxy) is 1. The second kappa shape index (κ2) is 14.9. The van der Waals surface area contributed by atoms with Crippen molar-refractivity contribution in [3.8, 4) is 17.9 Å². The Hall–Kier alpha value is -3.36. The minimum atomic E-state index is -0.0397. The van der Waals surface area contributed by atoms with Crippen molar-refractivity contribution in [2.45, 2.75) is 54.4 Å². The Balaban J connectivity index is 3.61. The minimum Gasteiger partial charge on any atom is -0.488 e. The number of hydrogen-bond donors (Lipinski definition) is 0. The van der Waals surface area contributed by atoms with Crippen LogP contribution in [0.15, 0.2) is 12.1 Å². The molecule has 7 nitrogen and oxygen atoms in total. The molecule has 0 radical (unpaired) electrons. The molecule has 0 N–H and O–H groups in total. The van der Waals surface area contributed by atoms with Crippen molar-refractivity contribution in [1.29, 1.82) is 10.5 Å². The van der Waals surface area contributed by atoms with Crippen LogP contribution >= 0.6 is 0 Å². The summed E-state index contributed by atoms with van der Waals surface area (Å²) in [6, 6.07) is 7.53. The van der Waals surface area contributed by atoms with Crippen molar-refractivity contribution in [1.82, 2.24) is 0 Å². The number of benzene rings is 1. The zero-order chi connectivity index (χ0) is 27.2. The Morgan fingerprint density at radius 1 is 0.778 bits per heavy atom. The summed E-state index contributed by atoms with van der Waals surface area (Å²) in [6.45, 7) is 36.5. The summed E-state index contributed by atoms with van der Waals surface area (Å²) in [5.74, 6) is 0.389. The second-order valence-electron chi connectivity index (χ2n) is 9.13. The number of quaternary nitrogens is 2. The van der Waals surface area contributed by atoms with Gasteiger partial charge in [0.25, 0.3) is 11.4 Å². The lowest BCUT2D eigenvalue weighted by atomic mass is 10.0. The van der Waals surface area contributed by atoms with E-state index in [-0.39, 0.29) is 11.4 Å². The summed E-state index contributed by atoms with van der Waals surface area (Å²) in [5, 5.41) is 20.3. The summed E-state index contributed by atoms with van der Waals surface area (Å²) in [4.78, 5) is 6.91. The average molecular weight is 491 g/mol. The van der Waals surface area contributed by atoms with Crippen LogP contribution in [-0.4, -0.2) is 67.9 Å². The summed E-state index contributed by atoms with van der Waals surface area (Å²) in [6.07, 6.45) is 1.53. The average Bonchev–Trinajstić information content (AvgIpc) is 2.92. The molecule has 0 aliphatic carbocycles. The quantitative estimate of drug-likeness (QED) is 0.294. The normalized spacial score (nSPS) is 13.1. The molecule has 1 rings (SSSR count). The van der Waals surface area contributed by atoms with Crippen molar-refractivity contribution in [2.75, 3.05) is 59.0 Å². The summed E-state index contributed by atoms with van der Waals surface area (Å²) in [5.41, 5.74) is 0.774. The molecule has 7 heteroatoms. The van der Waals surface area contributed by atoms with Gasteiger partial charge >= 0.3 is 0 Å². The standard InChI is InChI=1S/C29H42N6O/c1-9-34(10-2,11-3)17-15-16-24-20-26(28(23-31)33-8)29(21-25(24)27(22-30)32-7)36-19-18-35(12-4,13-5)14-6/h20-21H,9-19H2,1-6H3/q+2/b27-25-,28-26+. The highest BCUT2D eigenvalue weighted by Gasteiger charge is 2.22. The van der Waals surface area contributed by atoms with Crippen molar-refractivity contribution in [2.24, 2.45) is 0 Å². The van der Waals surface area contributed by atoms with E-state index in [4.69, 9.17) is 17.9 Å². The lowest BCUT2D eigenvalue weighted by molar-refractivity contribution is -0.923. The van der Waals surface area contributed by atoms with Gasteiger partial charge in [0.1, 0.15) is 18.9 Å². The molecule has 0 fully saturated rings. The molecule has 0 amide bonds. The summed E-state index contributed by atoms with van der Waals surface area (Å²) in [7, 11) is 0. The number of rotatable bonds is 14. The van der Waals surface area contributed by atoms with E-state index in [1.54, 1.807) is 12.1 Å². The highest BCUT2D eigenvalue weighted by atomic mass is 16.5. The van der Waals surface area contributed by atoms with Gasteiger partial charge in [0.15, 0.2) is 0 Å². The highest BCUT2D eigenvalue weighted by Crippen LogP contribution is 2.13. The zero-order valence-electron chi connectivity index (χ0n) is 23.0. The maximum atomic E-state index is 9.66.